The van der Waals surface area contributed by atoms with E-state index < -0.39 is 0 Å². The molecule has 8 rings (SSSR count). The number of nitrogens with zero attached hydrogens (tertiary/aromatic N) is 2. The van der Waals surface area contributed by atoms with Gasteiger partial charge in [-0.15, -0.1) is 0 Å². The predicted molar refractivity (Wildman–Crippen MR) is 198 cm³/mol. The van der Waals surface area contributed by atoms with Crippen LogP contribution in [-0.2, 0) is 0 Å². The van der Waals surface area contributed by atoms with Gasteiger partial charge in [-0.2, -0.15) is 0 Å². The first-order chi connectivity index (χ1) is 22.6. The van der Waals surface area contributed by atoms with Crippen LogP contribution in [-0.4, -0.2) is 0 Å². The summed E-state index contributed by atoms with van der Waals surface area (Å²) < 4.78 is 0. The van der Waals surface area contributed by atoms with Crippen LogP contribution in [0.15, 0.2) is 170 Å². The van der Waals surface area contributed by atoms with Crippen LogP contribution in [0.3, 0.4) is 0 Å². The molecule has 0 N–H and O–H groups in total. The fraction of sp³-hybridized carbons (Fsp3) is 0.0455. The zero-order chi connectivity index (χ0) is 31.0. The van der Waals surface area contributed by atoms with E-state index in [9.17, 15) is 0 Å². The quantitative estimate of drug-likeness (QED) is 0.178. The van der Waals surface area contributed by atoms with Crippen molar-refractivity contribution in [3.63, 3.8) is 0 Å². The molecule has 0 saturated carbocycles. The Balaban J connectivity index is 1.34. The summed E-state index contributed by atoms with van der Waals surface area (Å²) in [5.41, 5.74) is 9.33. The molecule has 8 aromatic carbocycles. The Hall–Kier alpha value is -5.86. The molecule has 0 spiro atoms. The van der Waals surface area contributed by atoms with Crippen LogP contribution in [0, 0.1) is 13.8 Å². The molecule has 2 nitrogen and oxygen atoms in total. The van der Waals surface area contributed by atoms with Gasteiger partial charge in [0.15, 0.2) is 0 Å². The fourth-order valence-corrected chi connectivity index (χ4v) is 6.65. The molecule has 0 bridgehead atoms. The summed E-state index contributed by atoms with van der Waals surface area (Å²) in [7, 11) is 0. The van der Waals surface area contributed by atoms with Crippen molar-refractivity contribution in [3.05, 3.63) is 181 Å². The lowest BCUT2D eigenvalue weighted by Gasteiger charge is -2.27. The first kappa shape index (κ1) is 27.7. The lowest BCUT2D eigenvalue weighted by Crippen LogP contribution is -2.10. The Bertz CT molecular complexity index is 2120. The third kappa shape index (κ3) is 4.95. The van der Waals surface area contributed by atoms with E-state index in [1.54, 1.807) is 0 Å². The molecular weight excluding hydrogens is 556 g/mol. The molecule has 220 valence electrons. The molecule has 0 aromatic heterocycles. The van der Waals surface area contributed by atoms with Gasteiger partial charge >= 0.3 is 0 Å². The minimum atomic E-state index is 1.14. The summed E-state index contributed by atoms with van der Waals surface area (Å²) in [5, 5.41) is 7.51. The third-order valence-corrected chi connectivity index (χ3v) is 8.93. The molecule has 0 radical (unpaired) electrons. The van der Waals surface area contributed by atoms with Crippen molar-refractivity contribution in [2.75, 3.05) is 9.80 Å². The number of hydrogen-bond donors (Lipinski definition) is 0. The summed E-state index contributed by atoms with van der Waals surface area (Å²) in [6, 6.07) is 61.5. The van der Waals surface area contributed by atoms with Crippen molar-refractivity contribution in [3.8, 4) is 0 Å². The zero-order valence-electron chi connectivity index (χ0n) is 26.1. The zero-order valence-corrected chi connectivity index (χ0v) is 26.1. The Labute approximate surface area is 270 Å². The van der Waals surface area contributed by atoms with Crippen LogP contribution < -0.4 is 9.80 Å². The summed E-state index contributed by atoms with van der Waals surface area (Å²) in [5.74, 6) is 0. The molecule has 0 amide bonds. The van der Waals surface area contributed by atoms with E-state index in [1.807, 2.05) is 0 Å². The standard InChI is InChI=1S/C44H34N2/c1-31-17-21-35(22-18-31)45(33-11-5-3-6-12-33)37-25-27-41-42-28-26-38(30-44(42)40-16-10-9-15-39(40)43(41)29-37)46(34-13-7-4-8-14-34)36-23-19-32(2)20-24-36/h3-30H,1-2H3. The predicted octanol–water partition coefficient (Wildman–Crippen LogP) is 12.7. The Morgan fingerprint density at radius 3 is 0.957 bits per heavy atom. The van der Waals surface area contributed by atoms with Crippen LogP contribution in [0.5, 0.6) is 0 Å². The molecule has 0 aliphatic heterocycles. The highest BCUT2D eigenvalue weighted by Crippen LogP contribution is 2.43. The number of aryl methyl sites for hydroxylation is 2. The number of para-hydroxylation sites is 2. The van der Waals surface area contributed by atoms with Crippen molar-refractivity contribution in [2.45, 2.75) is 13.8 Å². The van der Waals surface area contributed by atoms with Gasteiger partial charge in [0.1, 0.15) is 0 Å². The van der Waals surface area contributed by atoms with Gasteiger partial charge in [0.25, 0.3) is 0 Å². The van der Waals surface area contributed by atoms with Crippen LogP contribution in [0.2, 0.25) is 0 Å². The van der Waals surface area contributed by atoms with E-state index in [-0.39, 0.29) is 0 Å². The average Bonchev–Trinajstić information content (AvgIpc) is 3.11. The van der Waals surface area contributed by atoms with Gasteiger partial charge in [-0.25, -0.2) is 0 Å². The number of fused-ring (bicyclic) bond motifs is 6. The lowest BCUT2D eigenvalue weighted by molar-refractivity contribution is 1.28. The van der Waals surface area contributed by atoms with E-state index in [1.165, 1.54) is 43.4 Å². The van der Waals surface area contributed by atoms with E-state index in [0.29, 0.717) is 0 Å². The van der Waals surface area contributed by atoms with Crippen LogP contribution in [0.25, 0.3) is 32.3 Å². The van der Waals surface area contributed by atoms with Crippen molar-refractivity contribution in [1.82, 2.24) is 0 Å². The van der Waals surface area contributed by atoms with Gasteiger partial charge in [0, 0.05) is 34.1 Å². The molecule has 46 heavy (non-hydrogen) atoms. The maximum atomic E-state index is 2.36. The van der Waals surface area contributed by atoms with Crippen LogP contribution in [0.4, 0.5) is 34.1 Å². The first-order valence-electron chi connectivity index (χ1n) is 15.9. The molecule has 0 unspecified atom stereocenters. The van der Waals surface area contributed by atoms with Gasteiger partial charge in [-0.05, 0) is 119 Å². The van der Waals surface area contributed by atoms with Crippen molar-refractivity contribution in [2.24, 2.45) is 0 Å². The molecule has 2 heteroatoms. The molecule has 8 aromatic rings. The number of rotatable bonds is 6. The Morgan fingerprint density at radius 2 is 0.565 bits per heavy atom. The SMILES string of the molecule is Cc1ccc(N(c2ccccc2)c2ccc3c4ccc(N(c5ccccc5)c5ccc(C)cc5)cc4c4ccccc4c3c2)cc1. The summed E-state index contributed by atoms with van der Waals surface area (Å²) >= 11 is 0. The minimum absolute atomic E-state index is 1.14. The molecule has 0 aliphatic rings. The highest BCUT2D eigenvalue weighted by molar-refractivity contribution is 6.26. The Morgan fingerprint density at radius 1 is 0.261 bits per heavy atom. The molecule has 0 atom stereocenters. The van der Waals surface area contributed by atoms with Gasteiger partial charge in [-0.3, -0.25) is 0 Å². The maximum Gasteiger partial charge on any atom is 0.0468 e. The highest BCUT2D eigenvalue weighted by atomic mass is 15.1. The monoisotopic (exact) mass is 590 g/mol. The number of anilines is 6. The largest absolute Gasteiger partial charge is 0.310 e. The van der Waals surface area contributed by atoms with Crippen LogP contribution in [0.1, 0.15) is 11.1 Å². The Kier molecular flexibility index (Phi) is 6.96. The molecule has 0 saturated heterocycles. The van der Waals surface area contributed by atoms with Gasteiger partial charge in [0.05, 0.1) is 0 Å². The summed E-state index contributed by atoms with van der Waals surface area (Å²) in [4.78, 5) is 4.69. The highest BCUT2D eigenvalue weighted by Gasteiger charge is 2.18. The lowest BCUT2D eigenvalue weighted by atomic mass is 9.93. The summed E-state index contributed by atoms with van der Waals surface area (Å²) in [6.45, 7) is 4.27. The normalized spacial score (nSPS) is 11.3. The average molecular weight is 591 g/mol. The first-order valence-corrected chi connectivity index (χ1v) is 15.9. The third-order valence-electron chi connectivity index (χ3n) is 8.93. The van der Waals surface area contributed by atoms with E-state index in [0.717, 1.165) is 34.1 Å². The van der Waals surface area contributed by atoms with E-state index in [2.05, 4.69) is 194 Å². The van der Waals surface area contributed by atoms with Gasteiger partial charge in [-0.1, -0.05) is 108 Å². The minimum Gasteiger partial charge on any atom is -0.310 e. The van der Waals surface area contributed by atoms with Crippen LogP contribution >= 0.6 is 0 Å². The fourth-order valence-electron chi connectivity index (χ4n) is 6.65. The van der Waals surface area contributed by atoms with Crippen molar-refractivity contribution in [1.29, 1.82) is 0 Å². The molecular formula is C44H34N2. The van der Waals surface area contributed by atoms with Gasteiger partial charge in [0.2, 0.25) is 0 Å². The second kappa shape index (κ2) is 11.6. The second-order valence-corrected chi connectivity index (χ2v) is 12.0. The molecule has 0 fully saturated rings. The van der Waals surface area contributed by atoms with Gasteiger partial charge < -0.3 is 9.80 Å². The van der Waals surface area contributed by atoms with Crippen molar-refractivity contribution >= 4 is 66.4 Å². The van der Waals surface area contributed by atoms with Crippen molar-refractivity contribution < 1.29 is 0 Å². The molecule has 0 aliphatic carbocycles. The number of benzene rings is 8. The number of hydrogen-bond acceptors (Lipinski definition) is 2. The smallest absolute Gasteiger partial charge is 0.0468 e. The topological polar surface area (TPSA) is 6.48 Å². The molecule has 0 heterocycles. The summed E-state index contributed by atoms with van der Waals surface area (Å²) in [6.07, 6.45) is 0. The second-order valence-electron chi connectivity index (χ2n) is 12.0. The van der Waals surface area contributed by atoms with E-state index in [4.69, 9.17) is 0 Å². The van der Waals surface area contributed by atoms with E-state index >= 15 is 0 Å². The maximum absolute atomic E-state index is 2.36.